The number of hydrogen-bond donors (Lipinski definition) is 1. The molecule has 0 bridgehead atoms. The molecule has 0 aromatic carbocycles. The molecule has 0 radical (unpaired) electrons. The van der Waals surface area contributed by atoms with E-state index < -0.39 is 6.10 Å². The largest absolute Gasteiger partial charge is 0.384 e. The number of aliphatic hydroxyl groups excluding tert-OH is 1. The highest BCUT2D eigenvalue weighted by molar-refractivity contribution is 5.80. The number of nitrogens with zero attached hydrogens (tertiary/aromatic N) is 1. The van der Waals surface area contributed by atoms with Gasteiger partial charge in [-0.1, -0.05) is 0 Å². The van der Waals surface area contributed by atoms with Gasteiger partial charge in [0.05, 0.1) is 0 Å². The summed E-state index contributed by atoms with van der Waals surface area (Å²) < 4.78 is 0. The van der Waals surface area contributed by atoms with Gasteiger partial charge >= 0.3 is 0 Å². The van der Waals surface area contributed by atoms with E-state index >= 15 is 0 Å². The third-order valence-corrected chi connectivity index (χ3v) is 2.03. The first-order valence-electron chi connectivity index (χ1n) is 4.18. The molecule has 1 saturated heterocycles. The first-order valence-corrected chi connectivity index (χ1v) is 4.18. The summed E-state index contributed by atoms with van der Waals surface area (Å²) >= 11 is 0. The summed E-state index contributed by atoms with van der Waals surface area (Å²) in [6.07, 6.45) is 2.55. The van der Waals surface area contributed by atoms with Gasteiger partial charge in [0.1, 0.15) is 6.10 Å². The van der Waals surface area contributed by atoms with Crippen molar-refractivity contribution in [2.75, 3.05) is 13.1 Å². The Kier molecular flexibility index (Phi) is 2.88. The molecule has 1 aliphatic heterocycles. The molecular formula is C8H15NO2. The number of amides is 1. The van der Waals surface area contributed by atoms with E-state index in [4.69, 9.17) is 5.11 Å². The van der Waals surface area contributed by atoms with Crippen molar-refractivity contribution < 1.29 is 9.90 Å². The lowest BCUT2D eigenvalue weighted by Crippen LogP contribution is -2.40. The Hall–Kier alpha value is -0.570. The zero-order valence-electron chi connectivity index (χ0n) is 6.92. The van der Waals surface area contributed by atoms with E-state index in [1.165, 1.54) is 13.3 Å². The molecule has 0 spiro atoms. The zero-order chi connectivity index (χ0) is 8.27. The van der Waals surface area contributed by atoms with Crippen molar-refractivity contribution >= 4 is 5.91 Å². The van der Waals surface area contributed by atoms with Crippen LogP contribution in [0.1, 0.15) is 26.2 Å². The topological polar surface area (TPSA) is 40.5 Å². The Morgan fingerprint density at radius 1 is 1.36 bits per heavy atom. The van der Waals surface area contributed by atoms with Crippen molar-refractivity contribution in [2.24, 2.45) is 0 Å². The van der Waals surface area contributed by atoms with Gasteiger partial charge in [-0.05, 0) is 26.2 Å². The molecular weight excluding hydrogens is 142 g/mol. The Morgan fingerprint density at radius 2 is 1.91 bits per heavy atom. The lowest BCUT2D eigenvalue weighted by Gasteiger charge is -2.27. The lowest BCUT2D eigenvalue weighted by atomic mass is 10.1. The maximum Gasteiger partial charge on any atom is 0.251 e. The van der Waals surface area contributed by atoms with Crippen molar-refractivity contribution in [3.8, 4) is 0 Å². The average Bonchev–Trinajstić information content (AvgIpc) is 2.05. The molecule has 64 valence electrons. The molecule has 1 fully saturated rings. The maximum atomic E-state index is 11.2. The molecule has 1 N–H and O–H groups in total. The third kappa shape index (κ3) is 2.19. The molecule has 0 aromatic heterocycles. The van der Waals surface area contributed by atoms with E-state index in [1.807, 2.05) is 0 Å². The van der Waals surface area contributed by atoms with Crippen molar-refractivity contribution in [1.82, 2.24) is 4.90 Å². The van der Waals surface area contributed by atoms with Crippen LogP contribution in [0.15, 0.2) is 0 Å². The molecule has 11 heavy (non-hydrogen) atoms. The normalized spacial score (nSPS) is 21.5. The van der Waals surface area contributed by atoms with Crippen LogP contribution in [0.2, 0.25) is 0 Å². The van der Waals surface area contributed by atoms with Crippen LogP contribution in [-0.4, -0.2) is 35.1 Å². The van der Waals surface area contributed by atoms with E-state index in [0.29, 0.717) is 0 Å². The number of piperidine rings is 1. The van der Waals surface area contributed by atoms with Crippen LogP contribution in [0, 0.1) is 0 Å². The molecule has 1 rings (SSSR count). The molecule has 0 unspecified atom stereocenters. The summed E-state index contributed by atoms with van der Waals surface area (Å²) in [6, 6.07) is 0. The summed E-state index contributed by atoms with van der Waals surface area (Å²) in [5, 5.41) is 8.98. The monoisotopic (exact) mass is 157 g/mol. The highest BCUT2D eigenvalue weighted by Crippen LogP contribution is 2.09. The summed E-state index contributed by atoms with van der Waals surface area (Å²) in [7, 11) is 0. The van der Waals surface area contributed by atoms with E-state index in [0.717, 1.165) is 25.9 Å². The first kappa shape index (κ1) is 8.53. The molecule has 0 saturated carbocycles. The van der Waals surface area contributed by atoms with E-state index in [9.17, 15) is 4.79 Å². The van der Waals surface area contributed by atoms with Crippen LogP contribution in [0.4, 0.5) is 0 Å². The first-order chi connectivity index (χ1) is 5.22. The number of likely N-dealkylation sites (tertiary alicyclic amines) is 1. The lowest BCUT2D eigenvalue weighted by molar-refractivity contribution is -0.140. The second-order valence-electron chi connectivity index (χ2n) is 3.06. The Labute approximate surface area is 67.0 Å². The molecule has 3 heteroatoms. The fourth-order valence-electron chi connectivity index (χ4n) is 1.38. The van der Waals surface area contributed by atoms with E-state index in [-0.39, 0.29) is 5.91 Å². The molecule has 1 atom stereocenters. The van der Waals surface area contributed by atoms with Gasteiger partial charge in [-0.25, -0.2) is 0 Å². The van der Waals surface area contributed by atoms with Gasteiger partial charge in [-0.2, -0.15) is 0 Å². The second kappa shape index (κ2) is 3.72. The molecule has 0 aromatic rings. The highest BCUT2D eigenvalue weighted by atomic mass is 16.3. The molecule has 0 aliphatic carbocycles. The van der Waals surface area contributed by atoms with Gasteiger partial charge in [-0.3, -0.25) is 4.79 Å². The summed E-state index contributed by atoms with van der Waals surface area (Å²) in [5.74, 6) is -0.121. The standard InChI is InChI=1S/C8H15NO2/c1-7(10)8(11)9-5-3-2-4-6-9/h7,10H,2-6H2,1H3/t7-/m0/s1. The van der Waals surface area contributed by atoms with Crippen molar-refractivity contribution in [2.45, 2.75) is 32.3 Å². The Bertz CT molecular complexity index is 139. The number of carbonyl (C=O) groups is 1. The maximum absolute atomic E-state index is 11.2. The predicted octanol–water partition coefficient (Wildman–Crippen LogP) is 0.380. The second-order valence-corrected chi connectivity index (χ2v) is 3.06. The van der Waals surface area contributed by atoms with Crippen LogP contribution < -0.4 is 0 Å². The van der Waals surface area contributed by atoms with Crippen molar-refractivity contribution in [3.63, 3.8) is 0 Å². The van der Waals surface area contributed by atoms with Crippen LogP contribution in [-0.2, 0) is 4.79 Å². The van der Waals surface area contributed by atoms with Gasteiger partial charge in [0.15, 0.2) is 0 Å². The minimum Gasteiger partial charge on any atom is -0.384 e. The van der Waals surface area contributed by atoms with Crippen LogP contribution >= 0.6 is 0 Å². The Balaban J connectivity index is 2.39. The zero-order valence-corrected chi connectivity index (χ0v) is 6.92. The number of hydrogen-bond acceptors (Lipinski definition) is 2. The summed E-state index contributed by atoms with van der Waals surface area (Å²) in [6.45, 7) is 3.17. The van der Waals surface area contributed by atoms with Gasteiger partial charge in [-0.15, -0.1) is 0 Å². The molecule has 1 heterocycles. The predicted molar refractivity (Wildman–Crippen MR) is 42.1 cm³/mol. The molecule has 3 nitrogen and oxygen atoms in total. The number of rotatable bonds is 1. The van der Waals surface area contributed by atoms with Gasteiger partial charge in [0, 0.05) is 13.1 Å². The van der Waals surface area contributed by atoms with Crippen LogP contribution in [0.3, 0.4) is 0 Å². The molecule has 1 aliphatic rings. The van der Waals surface area contributed by atoms with E-state index in [2.05, 4.69) is 0 Å². The summed E-state index contributed by atoms with van der Waals surface area (Å²) in [5.41, 5.74) is 0. The average molecular weight is 157 g/mol. The Morgan fingerprint density at radius 3 is 2.36 bits per heavy atom. The van der Waals surface area contributed by atoms with Gasteiger partial charge < -0.3 is 10.0 Å². The highest BCUT2D eigenvalue weighted by Gasteiger charge is 2.19. The third-order valence-electron chi connectivity index (χ3n) is 2.03. The summed E-state index contributed by atoms with van der Waals surface area (Å²) in [4.78, 5) is 12.9. The van der Waals surface area contributed by atoms with Gasteiger partial charge in [0.2, 0.25) is 0 Å². The smallest absolute Gasteiger partial charge is 0.251 e. The minimum absolute atomic E-state index is 0.121. The van der Waals surface area contributed by atoms with Crippen molar-refractivity contribution in [3.05, 3.63) is 0 Å². The SMILES string of the molecule is C[C@H](O)C(=O)N1CCCCC1. The number of aliphatic hydroxyl groups is 1. The quantitative estimate of drug-likeness (QED) is 0.597. The minimum atomic E-state index is -0.826. The van der Waals surface area contributed by atoms with Gasteiger partial charge in [0.25, 0.3) is 5.91 Å². The number of carbonyl (C=O) groups excluding carboxylic acids is 1. The molecule has 1 amide bonds. The van der Waals surface area contributed by atoms with Crippen LogP contribution in [0.25, 0.3) is 0 Å². The fourth-order valence-corrected chi connectivity index (χ4v) is 1.38. The fraction of sp³-hybridized carbons (Fsp3) is 0.875. The van der Waals surface area contributed by atoms with E-state index in [1.54, 1.807) is 4.90 Å². The van der Waals surface area contributed by atoms with Crippen molar-refractivity contribution in [1.29, 1.82) is 0 Å². The van der Waals surface area contributed by atoms with Crippen LogP contribution in [0.5, 0.6) is 0 Å².